The van der Waals surface area contributed by atoms with E-state index >= 15 is 0 Å². The van der Waals surface area contributed by atoms with Crippen LogP contribution in [0.2, 0.25) is 0 Å². The number of aromatic nitrogens is 1. The second kappa shape index (κ2) is 8.66. The second-order valence-corrected chi connectivity index (χ2v) is 6.59. The minimum atomic E-state index is -2.97. The molecule has 0 saturated heterocycles. The third-order valence-electron chi connectivity index (χ3n) is 3.88. The molecule has 9 heteroatoms. The number of carboxylic acids is 1. The molecule has 0 radical (unpaired) electrons. The molecule has 0 aliphatic carbocycles. The summed E-state index contributed by atoms with van der Waals surface area (Å²) in [5.74, 6) is -0.988. The van der Waals surface area contributed by atoms with E-state index in [4.69, 9.17) is 4.74 Å². The number of aromatic carboxylic acids is 1. The van der Waals surface area contributed by atoms with Gasteiger partial charge in [-0.1, -0.05) is 6.07 Å². The molecule has 3 aromatic rings. The Morgan fingerprint density at radius 2 is 2.00 bits per heavy atom. The van der Waals surface area contributed by atoms with Gasteiger partial charge < -0.3 is 19.5 Å². The zero-order valence-corrected chi connectivity index (χ0v) is 15.5. The summed E-state index contributed by atoms with van der Waals surface area (Å²) in [6.45, 7) is -2.56. The molecule has 0 fully saturated rings. The van der Waals surface area contributed by atoms with Crippen LogP contribution in [0, 0.1) is 0 Å². The molecule has 2 aromatic carbocycles. The van der Waals surface area contributed by atoms with Crippen LogP contribution in [0.1, 0.15) is 15.2 Å². The lowest BCUT2D eigenvalue weighted by molar-refractivity contribution is -0.0512. The van der Waals surface area contributed by atoms with E-state index in [2.05, 4.69) is 9.72 Å². The molecule has 0 amide bonds. The van der Waals surface area contributed by atoms with Gasteiger partial charge >= 0.3 is 12.6 Å². The van der Waals surface area contributed by atoms with Crippen LogP contribution in [0.15, 0.2) is 54.2 Å². The van der Waals surface area contributed by atoms with Gasteiger partial charge in [0, 0.05) is 28.5 Å². The summed E-state index contributed by atoms with van der Waals surface area (Å²) < 4.78 is 34.8. The zero-order valence-electron chi connectivity index (χ0n) is 14.7. The normalized spacial score (nSPS) is 10.7. The summed E-state index contributed by atoms with van der Waals surface area (Å²) in [4.78, 5) is 18.2. The van der Waals surface area contributed by atoms with Crippen LogP contribution >= 0.6 is 11.3 Å². The van der Waals surface area contributed by atoms with Gasteiger partial charge in [-0.25, -0.2) is 4.79 Å². The lowest BCUT2D eigenvalue weighted by atomic mass is 10.1. The third-order valence-corrected chi connectivity index (χ3v) is 4.64. The SMILES string of the molecule is COc1cc(N(Cc2cncs2)c2cccc(C(=O)O)c2)ccc1OC(F)F. The molecule has 0 unspecified atom stereocenters. The predicted molar refractivity (Wildman–Crippen MR) is 101 cm³/mol. The van der Waals surface area contributed by atoms with Gasteiger partial charge in [0.1, 0.15) is 0 Å². The van der Waals surface area contributed by atoms with Crippen molar-refractivity contribution in [3.05, 3.63) is 64.6 Å². The first-order chi connectivity index (χ1) is 13.5. The van der Waals surface area contributed by atoms with E-state index in [1.807, 2.05) is 4.90 Å². The summed E-state index contributed by atoms with van der Waals surface area (Å²) >= 11 is 1.45. The molecule has 0 aliphatic heterocycles. The number of carboxylic acid groups (broad SMARTS) is 1. The van der Waals surface area contributed by atoms with Crippen molar-refractivity contribution < 1.29 is 28.2 Å². The molecule has 0 spiro atoms. The average Bonchev–Trinajstić information content (AvgIpc) is 3.19. The average molecular weight is 406 g/mol. The second-order valence-electron chi connectivity index (χ2n) is 5.62. The van der Waals surface area contributed by atoms with Gasteiger partial charge in [-0.15, -0.1) is 11.3 Å². The standard InChI is InChI=1S/C19H16F2N2O4S/c1-26-17-8-14(5-6-16(17)27-19(20)21)23(10-15-9-22-11-28-15)13-4-2-3-12(7-13)18(24)25/h2-9,11,19H,10H2,1H3,(H,24,25). The highest BCUT2D eigenvalue weighted by Crippen LogP contribution is 2.36. The molecule has 6 nitrogen and oxygen atoms in total. The van der Waals surface area contributed by atoms with Crippen molar-refractivity contribution in [2.75, 3.05) is 12.0 Å². The number of rotatable bonds is 8. The Labute approximate surface area is 163 Å². The van der Waals surface area contributed by atoms with Crippen molar-refractivity contribution in [2.45, 2.75) is 13.2 Å². The topological polar surface area (TPSA) is 71.9 Å². The van der Waals surface area contributed by atoms with E-state index in [1.165, 1.54) is 30.6 Å². The summed E-state index contributed by atoms with van der Waals surface area (Å²) in [5.41, 5.74) is 3.07. The van der Waals surface area contributed by atoms with Crippen LogP contribution < -0.4 is 14.4 Å². The number of alkyl halides is 2. The number of ether oxygens (including phenoxy) is 2. The minimum absolute atomic E-state index is 0.0849. The Kier molecular flexibility index (Phi) is 6.05. The molecule has 1 aromatic heterocycles. The summed E-state index contributed by atoms with van der Waals surface area (Å²) in [5, 5.41) is 9.29. The quantitative estimate of drug-likeness (QED) is 0.580. The lowest BCUT2D eigenvalue weighted by Crippen LogP contribution is -2.16. The van der Waals surface area contributed by atoms with Gasteiger partial charge in [0.15, 0.2) is 11.5 Å². The molecule has 0 atom stereocenters. The van der Waals surface area contributed by atoms with Gasteiger partial charge in [0.25, 0.3) is 0 Å². The molecular weight excluding hydrogens is 390 g/mol. The minimum Gasteiger partial charge on any atom is -0.493 e. The van der Waals surface area contributed by atoms with Crippen molar-refractivity contribution in [2.24, 2.45) is 0 Å². The van der Waals surface area contributed by atoms with E-state index in [1.54, 1.807) is 42.0 Å². The smallest absolute Gasteiger partial charge is 0.387 e. The van der Waals surface area contributed by atoms with Gasteiger partial charge in [0.05, 0.1) is 24.7 Å². The zero-order chi connectivity index (χ0) is 20.1. The van der Waals surface area contributed by atoms with Gasteiger partial charge in [-0.3, -0.25) is 4.98 Å². The van der Waals surface area contributed by atoms with Crippen molar-refractivity contribution in [3.63, 3.8) is 0 Å². The van der Waals surface area contributed by atoms with E-state index in [0.29, 0.717) is 17.9 Å². The number of hydrogen-bond acceptors (Lipinski definition) is 6. The molecule has 146 valence electrons. The maximum Gasteiger partial charge on any atom is 0.387 e. The first-order valence-electron chi connectivity index (χ1n) is 8.09. The molecule has 0 bridgehead atoms. The highest BCUT2D eigenvalue weighted by Gasteiger charge is 2.17. The number of nitrogens with zero attached hydrogens (tertiary/aromatic N) is 2. The summed E-state index contributed by atoms with van der Waals surface area (Å²) in [6.07, 6.45) is 1.71. The Bertz CT molecular complexity index is 951. The number of carbonyl (C=O) groups is 1. The van der Waals surface area contributed by atoms with Gasteiger partial charge in [-0.2, -0.15) is 8.78 Å². The molecule has 0 saturated carbocycles. The summed E-state index contributed by atoms with van der Waals surface area (Å²) in [7, 11) is 1.36. The van der Waals surface area contributed by atoms with Gasteiger partial charge in [0.2, 0.25) is 0 Å². The monoisotopic (exact) mass is 406 g/mol. The first kappa shape index (κ1) is 19.6. The highest BCUT2D eigenvalue weighted by molar-refractivity contribution is 7.09. The number of benzene rings is 2. The predicted octanol–water partition coefficient (Wildman–Crippen LogP) is 4.79. The van der Waals surface area contributed by atoms with Crippen molar-refractivity contribution >= 4 is 28.7 Å². The van der Waals surface area contributed by atoms with Crippen LogP contribution in [0.4, 0.5) is 20.2 Å². The van der Waals surface area contributed by atoms with E-state index in [-0.39, 0.29) is 17.1 Å². The van der Waals surface area contributed by atoms with E-state index in [0.717, 1.165) is 4.88 Å². The number of hydrogen-bond donors (Lipinski definition) is 1. The van der Waals surface area contributed by atoms with Crippen molar-refractivity contribution in [1.82, 2.24) is 4.98 Å². The maximum atomic E-state index is 12.6. The van der Waals surface area contributed by atoms with Crippen LogP contribution in [0.5, 0.6) is 11.5 Å². The lowest BCUT2D eigenvalue weighted by Gasteiger charge is -2.25. The molecule has 28 heavy (non-hydrogen) atoms. The number of thiazole rings is 1. The van der Waals surface area contributed by atoms with Crippen LogP contribution in [-0.4, -0.2) is 29.8 Å². The van der Waals surface area contributed by atoms with Crippen LogP contribution in [-0.2, 0) is 6.54 Å². The molecule has 1 N–H and O–H groups in total. The Hall–Kier alpha value is -3.20. The van der Waals surface area contributed by atoms with Gasteiger partial charge in [-0.05, 0) is 30.3 Å². The van der Waals surface area contributed by atoms with E-state index < -0.39 is 12.6 Å². The van der Waals surface area contributed by atoms with E-state index in [9.17, 15) is 18.7 Å². The van der Waals surface area contributed by atoms with Crippen molar-refractivity contribution in [3.8, 4) is 11.5 Å². The fourth-order valence-corrected chi connectivity index (χ4v) is 3.21. The fraction of sp³-hybridized carbons (Fsp3) is 0.158. The molecular formula is C19H16F2N2O4S. The van der Waals surface area contributed by atoms with Crippen LogP contribution in [0.25, 0.3) is 0 Å². The highest BCUT2D eigenvalue weighted by atomic mass is 32.1. The number of halogens is 2. The summed E-state index contributed by atoms with van der Waals surface area (Å²) in [6, 6.07) is 11.0. The Morgan fingerprint density at radius 1 is 1.21 bits per heavy atom. The van der Waals surface area contributed by atoms with Crippen LogP contribution in [0.3, 0.4) is 0 Å². The Morgan fingerprint density at radius 3 is 2.64 bits per heavy atom. The largest absolute Gasteiger partial charge is 0.493 e. The molecule has 1 heterocycles. The maximum absolute atomic E-state index is 12.6. The molecule has 3 rings (SSSR count). The van der Waals surface area contributed by atoms with Crippen molar-refractivity contribution in [1.29, 1.82) is 0 Å². The first-order valence-corrected chi connectivity index (χ1v) is 8.97. The molecule has 0 aliphatic rings. The third kappa shape index (κ3) is 4.55. The number of methoxy groups -OCH3 is 1. The fourth-order valence-electron chi connectivity index (χ4n) is 2.63. The number of anilines is 2. The Balaban J connectivity index is 2.04.